The maximum Gasteiger partial charge on any atom is 0.353 e. The van der Waals surface area contributed by atoms with Crippen molar-refractivity contribution in [2.24, 2.45) is 0 Å². The number of ether oxygens (including phenoxy) is 1. The zero-order chi connectivity index (χ0) is 11.5. The number of nitro groups is 1. The molecule has 0 bridgehead atoms. The van der Waals surface area contributed by atoms with Gasteiger partial charge in [-0.25, -0.2) is 4.79 Å². The predicted molar refractivity (Wildman–Crippen MR) is 48.8 cm³/mol. The number of esters is 1. The number of rotatable bonds is 3. The van der Waals surface area contributed by atoms with Crippen LogP contribution in [-0.2, 0) is 0 Å². The molecular weight excluding hydrogens is 218 g/mol. The summed E-state index contributed by atoms with van der Waals surface area (Å²) < 4.78 is 4.72. The minimum Gasteiger partial charge on any atom is -0.400 e. The van der Waals surface area contributed by atoms with Crippen LogP contribution in [0.5, 0.6) is 5.88 Å². The lowest BCUT2D eigenvalue weighted by Gasteiger charge is -1.96. The third-order valence-electron chi connectivity index (χ3n) is 1.73. The first-order valence-corrected chi connectivity index (χ1v) is 4.07. The largest absolute Gasteiger partial charge is 0.400 e. The van der Waals surface area contributed by atoms with Crippen LogP contribution in [0.1, 0.15) is 10.4 Å². The number of carbonyl (C=O) groups is 1. The Balaban J connectivity index is 2.21. The van der Waals surface area contributed by atoms with E-state index in [2.05, 4.69) is 20.4 Å². The van der Waals surface area contributed by atoms with Gasteiger partial charge in [-0.1, -0.05) is 0 Å². The van der Waals surface area contributed by atoms with Crippen LogP contribution in [0.2, 0.25) is 0 Å². The summed E-state index contributed by atoms with van der Waals surface area (Å²) in [5, 5.41) is 19.7. The van der Waals surface area contributed by atoms with E-state index in [0.717, 1.165) is 6.20 Å². The summed E-state index contributed by atoms with van der Waals surface area (Å²) in [6.07, 6.45) is 3.45. The minimum absolute atomic E-state index is 0.0551. The molecule has 2 rings (SSSR count). The highest BCUT2D eigenvalue weighted by atomic mass is 16.6. The summed E-state index contributed by atoms with van der Waals surface area (Å²) in [4.78, 5) is 23.8. The van der Waals surface area contributed by atoms with Crippen molar-refractivity contribution in [1.82, 2.24) is 20.4 Å². The fourth-order valence-electron chi connectivity index (χ4n) is 1.06. The molecule has 0 aliphatic heterocycles. The molecule has 2 aromatic rings. The fourth-order valence-corrected chi connectivity index (χ4v) is 1.06. The van der Waals surface area contributed by atoms with Crippen LogP contribution in [-0.4, -0.2) is 31.3 Å². The van der Waals surface area contributed by atoms with Gasteiger partial charge >= 0.3 is 11.7 Å². The molecule has 0 spiro atoms. The third kappa shape index (κ3) is 1.73. The Bertz CT molecular complexity index is 517. The van der Waals surface area contributed by atoms with E-state index in [1.165, 1.54) is 12.4 Å². The quantitative estimate of drug-likeness (QED) is 0.436. The summed E-state index contributed by atoms with van der Waals surface area (Å²) >= 11 is 0. The molecule has 16 heavy (non-hydrogen) atoms. The molecule has 0 saturated carbocycles. The average molecular weight is 223 g/mol. The van der Waals surface area contributed by atoms with E-state index in [4.69, 9.17) is 4.74 Å². The van der Waals surface area contributed by atoms with Gasteiger partial charge in [-0.15, -0.1) is 5.10 Å². The lowest BCUT2D eigenvalue weighted by molar-refractivity contribution is -0.385. The first kappa shape index (κ1) is 9.83. The second kappa shape index (κ2) is 3.81. The smallest absolute Gasteiger partial charge is 0.353 e. The zero-order valence-electron chi connectivity index (χ0n) is 7.71. The molecule has 0 aromatic carbocycles. The second-order valence-electron chi connectivity index (χ2n) is 2.71. The van der Waals surface area contributed by atoms with Crippen LogP contribution >= 0.6 is 0 Å². The van der Waals surface area contributed by atoms with Gasteiger partial charge in [0.25, 0.3) is 5.88 Å². The lowest BCUT2D eigenvalue weighted by atomic mass is 10.3. The SMILES string of the molecule is O=C(Oc1cn[nH]n1)c1c[nH]cc1[N+](=O)[O-]. The van der Waals surface area contributed by atoms with Crippen molar-refractivity contribution >= 4 is 11.7 Å². The highest BCUT2D eigenvalue weighted by Crippen LogP contribution is 2.18. The highest BCUT2D eigenvalue weighted by molar-refractivity contribution is 5.94. The number of nitrogens with zero attached hydrogens (tertiary/aromatic N) is 3. The van der Waals surface area contributed by atoms with Crippen LogP contribution in [0.4, 0.5) is 5.69 Å². The molecule has 9 nitrogen and oxygen atoms in total. The number of aromatic amines is 2. The topological polar surface area (TPSA) is 127 Å². The number of carbonyl (C=O) groups excluding carboxylic acids is 1. The van der Waals surface area contributed by atoms with Gasteiger partial charge in [0.15, 0.2) is 5.56 Å². The number of hydrogen-bond acceptors (Lipinski definition) is 6. The van der Waals surface area contributed by atoms with Crippen LogP contribution in [0.25, 0.3) is 0 Å². The molecule has 2 heterocycles. The summed E-state index contributed by atoms with van der Waals surface area (Å²) in [6.45, 7) is 0. The van der Waals surface area contributed by atoms with E-state index < -0.39 is 10.9 Å². The van der Waals surface area contributed by atoms with Gasteiger partial charge in [0, 0.05) is 6.20 Å². The Morgan fingerprint density at radius 3 is 2.94 bits per heavy atom. The van der Waals surface area contributed by atoms with Gasteiger partial charge in [0.2, 0.25) is 0 Å². The molecule has 0 saturated heterocycles. The van der Waals surface area contributed by atoms with E-state index in [1.54, 1.807) is 0 Å². The summed E-state index contributed by atoms with van der Waals surface area (Å²) in [5.41, 5.74) is -0.526. The normalized spacial score (nSPS) is 10.0. The maximum atomic E-state index is 11.5. The molecule has 0 aliphatic rings. The summed E-state index contributed by atoms with van der Waals surface area (Å²) in [5.74, 6) is -0.928. The van der Waals surface area contributed by atoms with Crippen molar-refractivity contribution in [3.63, 3.8) is 0 Å². The molecule has 0 aliphatic carbocycles. The predicted octanol–water partition coefficient (Wildman–Crippen LogP) is 0.260. The summed E-state index contributed by atoms with van der Waals surface area (Å²) in [6, 6.07) is 0. The van der Waals surface area contributed by atoms with Crippen molar-refractivity contribution in [3.8, 4) is 5.88 Å². The molecule has 0 atom stereocenters. The maximum absolute atomic E-state index is 11.5. The molecule has 2 aromatic heterocycles. The van der Waals surface area contributed by atoms with Crippen molar-refractivity contribution < 1.29 is 14.5 Å². The van der Waals surface area contributed by atoms with Gasteiger partial charge in [-0.05, 0) is 0 Å². The van der Waals surface area contributed by atoms with Crippen molar-refractivity contribution in [2.75, 3.05) is 0 Å². The Morgan fingerprint density at radius 2 is 2.31 bits per heavy atom. The Hall–Kier alpha value is -2.71. The molecule has 0 fully saturated rings. The summed E-state index contributed by atoms with van der Waals surface area (Å²) in [7, 11) is 0. The van der Waals surface area contributed by atoms with Crippen LogP contribution in [0, 0.1) is 10.1 Å². The molecule has 0 amide bonds. The van der Waals surface area contributed by atoms with Crippen LogP contribution in [0.15, 0.2) is 18.6 Å². The van der Waals surface area contributed by atoms with Gasteiger partial charge in [-0.2, -0.15) is 10.3 Å². The van der Waals surface area contributed by atoms with Gasteiger partial charge in [0.05, 0.1) is 11.1 Å². The first-order valence-electron chi connectivity index (χ1n) is 4.07. The number of hydrogen-bond donors (Lipinski definition) is 2. The number of aromatic nitrogens is 4. The van der Waals surface area contributed by atoms with E-state index in [9.17, 15) is 14.9 Å². The van der Waals surface area contributed by atoms with E-state index in [-0.39, 0.29) is 17.1 Å². The molecule has 2 N–H and O–H groups in total. The standard InChI is InChI=1S/C7H5N5O4/c13-7(16-6-3-9-11-10-6)4-1-8-2-5(4)12(14)15/h1-3,8H,(H,9,10,11). The number of nitrogens with one attached hydrogen (secondary N) is 2. The third-order valence-corrected chi connectivity index (χ3v) is 1.73. The lowest BCUT2D eigenvalue weighted by Crippen LogP contribution is -2.09. The van der Waals surface area contributed by atoms with Crippen LogP contribution < -0.4 is 4.74 Å². The van der Waals surface area contributed by atoms with Crippen molar-refractivity contribution in [1.29, 1.82) is 0 Å². The Labute approximate surface area is 87.6 Å². The molecule has 9 heteroatoms. The second-order valence-corrected chi connectivity index (χ2v) is 2.71. The Morgan fingerprint density at radius 1 is 1.50 bits per heavy atom. The highest BCUT2D eigenvalue weighted by Gasteiger charge is 2.23. The van der Waals surface area contributed by atoms with Crippen LogP contribution in [0.3, 0.4) is 0 Å². The zero-order valence-corrected chi connectivity index (χ0v) is 7.71. The van der Waals surface area contributed by atoms with E-state index in [0.29, 0.717) is 0 Å². The molecular formula is C7H5N5O4. The van der Waals surface area contributed by atoms with Crippen molar-refractivity contribution in [3.05, 3.63) is 34.3 Å². The molecule has 0 radical (unpaired) electrons. The van der Waals surface area contributed by atoms with Gasteiger partial charge in [0.1, 0.15) is 6.20 Å². The van der Waals surface area contributed by atoms with Gasteiger partial charge < -0.3 is 9.72 Å². The molecule has 82 valence electrons. The van der Waals surface area contributed by atoms with Gasteiger partial charge in [-0.3, -0.25) is 10.1 Å². The minimum atomic E-state index is -0.873. The average Bonchev–Trinajstić information content (AvgIpc) is 2.86. The Kier molecular flexibility index (Phi) is 2.34. The van der Waals surface area contributed by atoms with E-state index in [1.807, 2.05) is 0 Å². The first-order chi connectivity index (χ1) is 7.68. The fraction of sp³-hybridized carbons (Fsp3) is 0. The van der Waals surface area contributed by atoms with Crippen molar-refractivity contribution in [2.45, 2.75) is 0 Å². The monoisotopic (exact) mass is 223 g/mol. The van der Waals surface area contributed by atoms with E-state index >= 15 is 0 Å². The molecule has 0 unspecified atom stereocenters. The number of H-pyrrole nitrogens is 2.